The molecule has 2 aromatic rings. The van der Waals surface area contributed by atoms with Gasteiger partial charge in [-0.05, 0) is 69.0 Å². The fraction of sp³-hybridized carbons (Fsp3) is 0.316. The number of benzene rings is 2. The SMILES string of the molecule is Cc1cc(C)cc(NC(=O)[C@H](C)Oc2c(C)cccc2C)c1. The number of ether oxygens (including phenoxy) is 1. The lowest BCUT2D eigenvalue weighted by molar-refractivity contribution is -0.122. The second kappa shape index (κ2) is 6.65. The van der Waals surface area contributed by atoms with E-state index in [9.17, 15) is 4.79 Å². The third-order valence-electron chi connectivity index (χ3n) is 3.56. The van der Waals surface area contributed by atoms with Gasteiger partial charge in [-0.1, -0.05) is 24.3 Å². The van der Waals surface area contributed by atoms with Gasteiger partial charge in [-0.15, -0.1) is 0 Å². The first kappa shape index (κ1) is 16.1. The molecule has 0 aromatic heterocycles. The average Bonchev–Trinajstić information content (AvgIpc) is 2.41. The van der Waals surface area contributed by atoms with Crippen LogP contribution >= 0.6 is 0 Å². The van der Waals surface area contributed by atoms with Gasteiger partial charge >= 0.3 is 0 Å². The van der Waals surface area contributed by atoms with Crippen LogP contribution in [0.25, 0.3) is 0 Å². The normalized spacial score (nSPS) is 11.9. The Morgan fingerprint density at radius 2 is 1.55 bits per heavy atom. The van der Waals surface area contributed by atoms with Crippen LogP contribution in [-0.2, 0) is 4.79 Å². The lowest BCUT2D eigenvalue weighted by atomic mass is 10.1. The molecule has 0 aliphatic rings. The fourth-order valence-corrected chi connectivity index (χ4v) is 2.51. The van der Waals surface area contributed by atoms with Gasteiger partial charge in [0.25, 0.3) is 5.91 Å². The molecule has 0 unspecified atom stereocenters. The first-order chi connectivity index (χ1) is 10.4. The topological polar surface area (TPSA) is 38.3 Å². The van der Waals surface area contributed by atoms with E-state index in [0.29, 0.717) is 0 Å². The second-order valence-electron chi connectivity index (χ2n) is 5.85. The van der Waals surface area contributed by atoms with Crippen molar-refractivity contribution in [3.8, 4) is 5.75 Å². The minimum Gasteiger partial charge on any atom is -0.480 e. The molecule has 0 aliphatic carbocycles. The number of carbonyl (C=O) groups is 1. The zero-order chi connectivity index (χ0) is 16.3. The quantitative estimate of drug-likeness (QED) is 0.912. The Morgan fingerprint density at radius 3 is 2.09 bits per heavy atom. The highest BCUT2D eigenvalue weighted by Crippen LogP contribution is 2.24. The number of carbonyl (C=O) groups excluding carboxylic acids is 1. The van der Waals surface area contributed by atoms with Gasteiger partial charge in [0.15, 0.2) is 6.10 Å². The van der Waals surface area contributed by atoms with Gasteiger partial charge in [0, 0.05) is 5.69 Å². The van der Waals surface area contributed by atoms with Crippen molar-refractivity contribution < 1.29 is 9.53 Å². The van der Waals surface area contributed by atoms with Crippen LogP contribution < -0.4 is 10.1 Å². The van der Waals surface area contributed by atoms with Crippen LogP contribution in [0, 0.1) is 27.7 Å². The van der Waals surface area contributed by atoms with Crippen molar-refractivity contribution in [1.29, 1.82) is 0 Å². The summed E-state index contributed by atoms with van der Waals surface area (Å²) in [5.41, 5.74) is 5.12. The number of nitrogens with one attached hydrogen (secondary N) is 1. The van der Waals surface area contributed by atoms with Crippen molar-refractivity contribution >= 4 is 11.6 Å². The Labute approximate surface area is 132 Å². The van der Waals surface area contributed by atoms with Crippen molar-refractivity contribution in [3.63, 3.8) is 0 Å². The van der Waals surface area contributed by atoms with Crippen LogP contribution in [-0.4, -0.2) is 12.0 Å². The fourth-order valence-electron chi connectivity index (χ4n) is 2.51. The molecule has 22 heavy (non-hydrogen) atoms. The molecular weight excluding hydrogens is 274 g/mol. The molecule has 0 bridgehead atoms. The summed E-state index contributed by atoms with van der Waals surface area (Å²) in [4.78, 5) is 12.3. The van der Waals surface area contributed by atoms with E-state index in [4.69, 9.17) is 4.74 Å². The van der Waals surface area contributed by atoms with E-state index in [1.807, 2.05) is 58.0 Å². The predicted octanol–water partition coefficient (Wildman–Crippen LogP) is 4.33. The summed E-state index contributed by atoms with van der Waals surface area (Å²) in [6.45, 7) is 9.76. The smallest absolute Gasteiger partial charge is 0.265 e. The average molecular weight is 297 g/mol. The number of rotatable bonds is 4. The number of para-hydroxylation sites is 1. The molecule has 116 valence electrons. The minimum atomic E-state index is -0.555. The maximum absolute atomic E-state index is 12.3. The van der Waals surface area contributed by atoms with Gasteiger partial charge in [0.05, 0.1) is 0 Å². The second-order valence-corrected chi connectivity index (χ2v) is 5.85. The first-order valence-corrected chi connectivity index (χ1v) is 7.49. The summed E-state index contributed by atoms with van der Waals surface area (Å²) < 4.78 is 5.86. The molecular formula is C19H23NO2. The van der Waals surface area contributed by atoms with Crippen LogP contribution in [0.4, 0.5) is 5.69 Å². The minimum absolute atomic E-state index is 0.146. The Bertz CT molecular complexity index is 651. The van der Waals surface area contributed by atoms with Crippen LogP contribution in [0.1, 0.15) is 29.2 Å². The van der Waals surface area contributed by atoms with Crippen molar-refractivity contribution in [3.05, 3.63) is 58.7 Å². The number of aryl methyl sites for hydroxylation is 4. The Hall–Kier alpha value is -2.29. The molecule has 3 heteroatoms. The third-order valence-corrected chi connectivity index (χ3v) is 3.56. The van der Waals surface area contributed by atoms with Gasteiger partial charge in [-0.3, -0.25) is 4.79 Å². The molecule has 1 atom stereocenters. The molecule has 0 radical (unpaired) electrons. The van der Waals surface area contributed by atoms with E-state index in [2.05, 4.69) is 11.4 Å². The van der Waals surface area contributed by atoms with Crippen molar-refractivity contribution in [2.24, 2.45) is 0 Å². The summed E-state index contributed by atoms with van der Waals surface area (Å²) in [7, 11) is 0. The molecule has 3 nitrogen and oxygen atoms in total. The largest absolute Gasteiger partial charge is 0.480 e. The standard InChI is InChI=1S/C19H23NO2/c1-12-9-13(2)11-17(10-12)20-19(21)16(5)22-18-14(3)7-6-8-15(18)4/h6-11,16H,1-5H3,(H,20,21)/t16-/m0/s1. The van der Waals surface area contributed by atoms with Gasteiger partial charge in [-0.25, -0.2) is 0 Å². The number of amides is 1. The summed E-state index contributed by atoms with van der Waals surface area (Å²) >= 11 is 0. The van der Waals surface area contributed by atoms with E-state index in [1.165, 1.54) is 0 Å². The zero-order valence-corrected chi connectivity index (χ0v) is 13.9. The van der Waals surface area contributed by atoms with E-state index < -0.39 is 6.10 Å². The maximum Gasteiger partial charge on any atom is 0.265 e. The highest BCUT2D eigenvalue weighted by Gasteiger charge is 2.17. The summed E-state index contributed by atoms with van der Waals surface area (Å²) in [5.74, 6) is 0.637. The molecule has 0 spiro atoms. The lowest BCUT2D eigenvalue weighted by Gasteiger charge is -2.18. The summed E-state index contributed by atoms with van der Waals surface area (Å²) in [6.07, 6.45) is -0.555. The van der Waals surface area contributed by atoms with Crippen LogP contribution in [0.2, 0.25) is 0 Å². The first-order valence-electron chi connectivity index (χ1n) is 7.49. The van der Waals surface area contributed by atoms with Crippen molar-refractivity contribution in [2.75, 3.05) is 5.32 Å². The molecule has 0 saturated carbocycles. The zero-order valence-electron chi connectivity index (χ0n) is 13.9. The molecule has 0 saturated heterocycles. The lowest BCUT2D eigenvalue weighted by Crippen LogP contribution is -2.30. The maximum atomic E-state index is 12.3. The molecule has 2 aromatic carbocycles. The van der Waals surface area contributed by atoms with Crippen molar-refractivity contribution in [2.45, 2.75) is 40.7 Å². The molecule has 0 aliphatic heterocycles. The van der Waals surface area contributed by atoms with Gasteiger partial charge in [-0.2, -0.15) is 0 Å². The summed E-state index contributed by atoms with van der Waals surface area (Å²) in [5, 5.41) is 2.92. The Kier molecular flexibility index (Phi) is 4.86. The third kappa shape index (κ3) is 3.88. The van der Waals surface area contributed by atoms with Gasteiger partial charge in [0.1, 0.15) is 5.75 Å². The van der Waals surface area contributed by atoms with Gasteiger partial charge in [0.2, 0.25) is 0 Å². The monoisotopic (exact) mass is 297 g/mol. The van der Waals surface area contributed by atoms with E-state index in [1.54, 1.807) is 6.92 Å². The highest BCUT2D eigenvalue weighted by molar-refractivity contribution is 5.94. The van der Waals surface area contributed by atoms with Crippen LogP contribution in [0.15, 0.2) is 36.4 Å². The van der Waals surface area contributed by atoms with Gasteiger partial charge < -0.3 is 10.1 Å². The number of hydrogen-bond acceptors (Lipinski definition) is 2. The molecule has 1 amide bonds. The van der Waals surface area contributed by atoms with Crippen LogP contribution in [0.5, 0.6) is 5.75 Å². The molecule has 0 heterocycles. The van der Waals surface area contributed by atoms with E-state index in [0.717, 1.165) is 33.7 Å². The van der Waals surface area contributed by atoms with Crippen LogP contribution in [0.3, 0.4) is 0 Å². The molecule has 2 rings (SSSR count). The number of anilines is 1. The highest BCUT2D eigenvalue weighted by atomic mass is 16.5. The summed E-state index contributed by atoms with van der Waals surface area (Å²) in [6, 6.07) is 11.9. The predicted molar refractivity (Wildman–Crippen MR) is 90.6 cm³/mol. The molecule has 1 N–H and O–H groups in total. The molecule has 0 fully saturated rings. The van der Waals surface area contributed by atoms with Crippen molar-refractivity contribution in [1.82, 2.24) is 0 Å². The van der Waals surface area contributed by atoms with E-state index >= 15 is 0 Å². The van der Waals surface area contributed by atoms with E-state index in [-0.39, 0.29) is 5.91 Å². The Morgan fingerprint density at radius 1 is 1.00 bits per heavy atom. The Balaban J connectivity index is 2.09. The number of hydrogen-bond donors (Lipinski definition) is 1.